The summed E-state index contributed by atoms with van der Waals surface area (Å²) >= 11 is 0. The van der Waals surface area contributed by atoms with Crippen LogP contribution in [0.1, 0.15) is 37.7 Å². The molecule has 0 amide bonds. The molecule has 174 valence electrons. The van der Waals surface area contributed by atoms with Gasteiger partial charge in [-0.1, -0.05) is 12.1 Å². The number of hydrogen-bond acceptors (Lipinski definition) is 7. The van der Waals surface area contributed by atoms with E-state index in [9.17, 15) is 25.2 Å². The van der Waals surface area contributed by atoms with Crippen LogP contribution in [0.5, 0.6) is 5.75 Å². The zero-order valence-corrected chi connectivity index (χ0v) is 18.0. The average Bonchev–Trinajstić information content (AvgIpc) is 2.76. The van der Waals surface area contributed by atoms with Crippen molar-refractivity contribution in [1.29, 1.82) is 0 Å². The lowest BCUT2D eigenvalue weighted by molar-refractivity contribution is -0.271. The number of methoxy groups -OCH3 is 1. The van der Waals surface area contributed by atoms with Crippen LogP contribution in [0, 0.1) is 23.7 Å². The third kappa shape index (κ3) is 3.69. The minimum absolute atomic E-state index is 0.346. The summed E-state index contributed by atoms with van der Waals surface area (Å²) in [5.74, 6) is 2.56. The Kier molecular flexibility index (Phi) is 5.65. The highest BCUT2D eigenvalue weighted by molar-refractivity contribution is 5.73. The van der Waals surface area contributed by atoms with Crippen LogP contribution in [-0.2, 0) is 14.3 Å². The molecule has 1 aromatic rings. The number of ether oxygens (including phenoxy) is 3. The second-order valence-electron chi connectivity index (χ2n) is 9.67. The lowest BCUT2D eigenvalue weighted by atomic mass is 9.54. The maximum Gasteiger partial charge on any atom is 0.335 e. The Bertz CT molecular complexity index is 881. The summed E-state index contributed by atoms with van der Waals surface area (Å²) in [6, 6.07) is 7.19. The van der Waals surface area contributed by atoms with E-state index in [-0.39, 0.29) is 0 Å². The molecule has 4 bridgehead atoms. The normalized spacial score (nSPS) is 40.2. The Morgan fingerprint density at radius 3 is 2.22 bits per heavy atom. The smallest absolute Gasteiger partial charge is 0.335 e. The quantitative estimate of drug-likeness (QED) is 0.505. The first-order chi connectivity index (χ1) is 15.4. The molecule has 32 heavy (non-hydrogen) atoms. The molecule has 0 aromatic heterocycles. The number of aliphatic hydroxyl groups is 3. The van der Waals surface area contributed by atoms with Crippen LogP contribution in [0.4, 0.5) is 0 Å². The number of carbonyl (C=O) groups is 1. The van der Waals surface area contributed by atoms with E-state index in [1.807, 2.05) is 6.07 Å². The third-order valence-electron chi connectivity index (χ3n) is 7.65. The first-order valence-corrected chi connectivity index (χ1v) is 11.3. The molecule has 4 aliphatic carbocycles. The predicted molar refractivity (Wildman–Crippen MR) is 112 cm³/mol. The second-order valence-corrected chi connectivity index (χ2v) is 9.67. The molecule has 0 radical (unpaired) electrons. The van der Waals surface area contributed by atoms with Gasteiger partial charge in [-0.2, -0.15) is 0 Å². The van der Waals surface area contributed by atoms with Gasteiger partial charge in [-0.3, -0.25) is 0 Å². The van der Waals surface area contributed by atoms with Crippen LogP contribution in [0.25, 0.3) is 5.76 Å². The van der Waals surface area contributed by atoms with E-state index in [0.29, 0.717) is 17.6 Å². The van der Waals surface area contributed by atoms with E-state index in [0.717, 1.165) is 23.2 Å². The van der Waals surface area contributed by atoms with Crippen molar-refractivity contribution in [2.45, 2.75) is 62.8 Å². The van der Waals surface area contributed by atoms with Crippen molar-refractivity contribution in [2.75, 3.05) is 7.11 Å². The zero-order valence-electron chi connectivity index (χ0n) is 18.0. The summed E-state index contributed by atoms with van der Waals surface area (Å²) in [7, 11) is 1.68. The highest BCUT2D eigenvalue weighted by atomic mass is 16.7. The molecule has 1 aliphatic heterocycles. The van der Waals surface area contributed by atoms with Gasteiger partial charge in [0.05, 0.1) is 7.11 Å². The van der Waals surface area contributed by atoms with Crippen molar-refractivity contribution in [3.8, 4) is 5.75 Å². The molecule has 5 aliphatic rings. The summed E-state index contributed by atoms with van der Waals surface area (Å²) < 4.78 is 16.9. The minimum Gasteiger partial charge on any atom is -0.496 e. The fourth-order valence-corrected chi connectivity index (χ4v) is 6.46. The number of hydrogen-bond donors (Lipinski definition) is 4. The standard InChI is InChI=1S/C24H30O8/c1-30-21(17-14-6-11-5-12(8-14)9-15(17)7-11)13-3-2-4-16(10-13)31-24-20(27)18(25)19(26)22(32-24)23(28)29/h2-4,10-12,14-15,18-20,22,24-27H,5-9H2,1H3,(H,28,29). The van der Waals surface area contributed by atoms with Gasteiger partial charge < -0.3 is 34.6 Å². The van der Waals surface area contributed by atoms with Crippen LogP contribution < -0.4 is 4.74 Å². The lowest BCUT2D eigenvalue weighted by Crippen LogP contribution is -2.61. The van der Waals surface area contributed by atoms with Crippen molar-refractivity contribution in [1.82, 2.24) is 0 Å². The molecule has 6 rings (SSSR count). The fraction of sp³-hybridized carbons (Fsp3) is 0.625. The Labute approximate surface area is 186 Å². The van der Waals surface area contributed by atoms with Crippen LogP contribution in [0.15, 0.2) is 29.8 Å². The number of rotatable bonds is 5. The van der Waals surface area contributed by atoms with Crippen molar-refractivity contribution in [3.05, 3.63) is 35.4 Å². The molecule has 1 saturated heterocycles. The van der Waals surface area contributed by atoms with E-state index >= 15 is 0 Å². The SMILES string of the molecule is COC(=C1C2CC3CC(C2)CC1C3)c1cccc(OC2OC(C(=O)O)C(O)C(O)C2O)c1. The monoisotopic (exact) mass is 446 g/mol. The van der Waals surface area contributed by atoms with Gasteiger partial charge in [0.15, 0.2) is 6.10 Å². The van der Waals surface area contributed by atoms with Crippen molar-refractivity contribution < 1.29 is 39.4 Å². The Hall–Kier alpha value is -2.13. The number of carboxylic acid groups (broad SMARTS) is 1. The summed E-state index contributed by atoms with van der Waals surface area (Å²) in [4.78, 5) is 11.3. The minimum atomic E-state index is -1.75. The molecule has 1 heterocycles. The van der Waals surface area contributed by atoms with E-state index in [1.165, 1.54) is 37.7 Å². The summed E-state index contributed by atoms with van der Waals surface area (Å²) in [6.07, 6.45) is -1.93. The van der Waals surface area contributed by atoms with Crippen molar-refractivity contribution in [3.63, 3.8) is 0 Å². The van der Waals surface area contributed by atoms with Gasteiger partial charge in [0, 0.05) is 5.56 Å². The summed E-state index contributed by atoms with van der Waals surface area (Å²) in [5.41, 5.74) is 2.25. The maximum absolute atomic E-state index is 11.3. The first kappa shape index (κ1) is 21.7. The van der Waals surface area contributed by atoms with Crippen molar-refractivity contribution >= 4 is 11.7 Å². The molecule has 1 aromatic carbocycles. The fourth-order valence-electron chi connectivity index (χ4n) is 6.46. The van der Waals surface area contributed by atoms with Gasteiger partial charge in [-0.25, -0.2) is 4.79 Å². The topological polar surface area (TPSA) is 126 Å². The van der Waals surface area contributed by atoms with Gasteiger partial charge in [0.2, 0.25) is 6.29 Å². The zero-order chi connectivity index (χ0) is 22.6. The van der Waals surface area contributed by atoms with Gasteiger partial charge in [-0.05, 0) is 73.5 Å². The summed E-state index contributed by atoms with van der Waals surface area (Å²) in [6.45, 7) is 0. The molecular formula is C24H30O8. The van der Waals surface area contributed by atoms with Crippen molar-refractivity contribution in [2.24, 2.45) is 23.7 Å². The Balaban J connectivity index is 1.40. The van der Waals surface area contributed by atoms with Crippen LogP contribution >= 0.6 is 0 Å². The average molecular weight is 446 g/mol. The summed E-state index contributed by atoms with van der Waals surface area (Å²) in [5, 5.41) is 39.4. The molecular weight excluding hydrogens is 416 g/mol. The molecule has 5 fully saturated rings. The Morgan fingerprint density at radius 1 is 0.969 bits per heavy atom. The predicted octanol–water partition coefficient (Wildman–Crippen LogP) is 1.77. The largest absolute Gasteiger partial charge is 0.496 e. The Morgan fingerprint density at radius 2 is 1.62 bits per heavy atom. The van der Waals surface area contributed by atoms with Crippen LogP contribution in [0.2, 0.25) is 0 Å². The maximum atomic E-state index is 11.3. The third-order valence-corrected chi connectivity index (χ3v) is 7.65. The molecule has 8 heteroatoms. The molecule has 4 saturated carbocycles. The number of aliphatic carboxylic acids is 1. The number of benzene rings is 1. The van der Waals surface area contributed by atoms with Crippen LogP contribution in [-0.4, -0.2) is 64.2 Å². The molecule has 4 N–H and O–H groups in total. The van der Waals surface area contributed by atoms with Gasteiger partial charge in [0.1, 0.15) is 29.8 Å². The highest BCUT2D eigenvalue weighted by Crippen LogP contribution is 2.58. The first-order valence-electron chi connectivity index (χ1n) is 11.3. The van der Waals surface area contributed by atoms with E-state index in [4.69, 9.17) is 14.2 Å². The van der Waals surface area contributed by atoms with Crippen LogP contribution in [0.3, 0.4) is 0 Å². The highest BCUT2D eigenvalue weighted by Gasteiger charge is 2.49. The molecule has 5 atom stereocenters. The molecule has 5 unspecified atom stereocenters. The molecule has 8 nitrogen and oxygen atoms in total. The molecule has 0 spiro atoms. The van der Waals surface area contributed by atoms with E-state index < -0.39 is 36.7 Å². The van der Waals surface area contributed by atoms with Gasteiger partial charge in [-0.15, -0.1) is 0 Å². The van der Waals surface area contributed by atoms with Gasteiger partial charge >= 0.3 is 5.97 Å². The van der Waals surface area contributed by atoms with E-state index in [2.05, 4.69) is 0 Å². The number of allylic oxidation sites excluding steroid dienone is 1. The number of carboxylic acids is 1. The lowest BCUT2D eigenvalue weighted by Gasteiger charge is -2.51. The second kappa shape index (κ2) is 8.33. The van der Waals surface area contributed by atoms with Gasteiger partial charge in [0.25, 0.3) is 0 Å². The number of aliphatic hydroxyl groups excluding tert-OH is 3. The van der Waals surface area contributed by atoms with E-state index in [1.54, 1.807) is 25.3 Å².